The molecule has 2 rings (SSSR count). The number of carbonyl (C=O) groups excluding carboxylic acids is 3. The zero-order valence-corrected chi connectivity index (χ0v) is 16.9. The first kappa shape index (κ1) is 21.4. The van der Waals surface area contributed by atoms with Gasteiger partial charge < -0.3 is 14.8 Å². The number of halogens is 1. The van der Waals surface area contributed by atoms with Crippen molar-refractivity contribution >= 4 is 35.1 Å². The van der Waals surface area contributed by atoms with Crippen molar-refractivity contribution in [3.05, 3.63) is 53.1 Å². The number of benzene rings is 2. The Balaban J connectivity index is 2.09. The molecule has 0 aromatic heterocycles. The predicted octanol–water partition coefficient (Wildman–Crippen LogP) is 4.72. The predicted molar refractivity (Wildman–Crippen MR) is 107 cm³/mol. The Morgan fingerprint density at radius 2 is 1.43 bits per heavy atom. The molecule has 6 nitrogen and oxygen atoms in total. The molecule has 1 amide bonds. The minimum absolute atomic E-state index is 0.113. The van der Waals surface area contributed by atoms with Crippen molar-refractivity contribution in [2.24, 2.45) is 11.8 Å². The van der Waals surface area contributed by atoms with E-state index in [1.54, 1.807) is 52.0 Å². The third-order valence-corrected chi connectivity index (χ3v) is 3.88. The number of anilines is 1. The van der Waals surface area contributed by atoms with E-state index in [4.69, 9.17) is 21.1 Å². The van der Waals surface area contributed by atoms with Gasteiger partial charge in [0, 0.05) is 22.7 Å². The van der Waals surface area contributed by atoms with E-state index in [1.807, 2.05) is 0 Å². The molecule has 1 N–H and O–H groups in total. The Morgan fingerprint density at radius 1 is 0.857 bits per heavy atom. The SMILES string of the molecule is CC(C)C(=O)Nc1ccc(C(=O)Oc2cc(Cl)cc(OC(=O)C(C)C)c2)cc1. The van der Waals surface area contributed by atoms with E-state index in [1.165, 1.54) is 18.2 Å². The molecule has 0 aliphatic carbocycles. The number of rotatable bonds is 6. The highest BCUT2D eigenvalue weighted by Crippen LogP contribution is 2.27. The van der Waals surface area contributed by atoms with E-state index in [2.05, 4.69) is 5.32 Å². The highest BCUT2D eigenvalue weighted by atomic mass is 35.5. The average Bonchev–Trinajstić information content (AvgIpc) is 2.61. The summed E-state index contributed by atoms with van der Waals surface area (Å²) in [6.45, 7) is 7.00. The normalized spacial score (nSPS) is 10.7. The lowest BCUT2D eigenvalue weighted by Gasteiger charge is -2.10. The third-order valence-electron chi connectivity index (χ3n) is 3.66. The van der Waals surface area contributed by atoms with Crippen LogP contribution in [0.3, 0.4) is 0 Å². The van der Waals surface area contributed by atoms with Crippen molar-refractivity contribution in [1.82, 2.24) is 0 Å². The van der Waals surface area contributed by atoms with E-state index in [-0.39, 0.29) is 34.3 Å². The molecule has 148 valence electrons. The second-order valence-corrected chi connectivity index (χ2v) is 7.25. The van der Waals surface area contributed by atoms with Crippen LogP contribution in [-0.4, -0.2) is 17.8 Å². The first-order valence-corrected chi connectivity index (χ1v) is 9.19. The van der Waals surface area contributed by atoms with E-state index in [0.29, 0.717) is 11.3 Å². The number of ether oxygens (including phenoxy) is 2. The third kappa shape index (κ3) is 6.09. The van der Waals surface area contributed by atoms with Crippen LogP contribution in [0.15, 0.2) is 42.5 Å². The lowest BCUT2D eigenvalue weighted by molar-refractivity contribution is -0.137. The lowest BCUT2D eigenvalue weighted by Crippen LogP contribution is -2.17. The maximum Gasteiger partial charge on any atom is 0.343 e. The van der Waals surface area contributed by atoms with Gasteiger partial charge in [0.1, 0.15) is 11.5 Å². The Bertz CT molecular complexity index is 875. The van der Waals surface area contributed by atoms with Crippen LogP contribution in [-0.2, 0) is 9.59 Å². The van der Waals surface area contributed by atoms with Gasteiger partial charge in [0.25, 0.3) is 0 Å². The number of carbonyl (C=O) groups is 3. The average molecular weight is 404 g/mol. The van der Waals surface area contributed by atoms with E-state index >= 15 is 0 Å². The Morgan fingerprint density at radius 3 is 1.96 bits per heavy atom. The minimum atomic E-state index is -0.606. The van der Waals surface area contributed by atoms with E-state index in [9.17, 15) is 14.4 Å². The second kappa shape index (κ2) is 9.37. The quantitative estimate of drug-likeness (QED) is 0.557. The van der Waals surface area contributed by atoms with Crippen molar-refractivity contribution in [2.45, 2.75) is 27.7 Å². The molecule has 0 bridgehead atoms. The smallest absolute Gasteiger partial charge is 0.343 e. The first-order chi connectivity index (χ1) is 13.2. The van der Waals surface area contributed by atoms with Gasteiger partial charge in [-0.3, -0.25) is 9.59 Å². The van der Waals surface area contributed by atoms with Crippen molar-refractivity contribution in [3.8, 4) is 11.5 Å². The van der Waals surface area contributed by atoms with Gasteiger partial charge >= 0.3 is 11.9 Å². The molecular formula is C21H22ClNO5. The van der Waals surface area contributed by atoms with Crippen molar-refractivity contribution in [1.29, 1.82) is 0 Å². The lowest BCUT2D eigenvalue weighted by atomic mass is 10.1. The van der Waals surface area contributed by atoms with Crippen LogP contribution in [0.2, 0.25) is 5.02 Å². The molecular weight excluding hydrogens is 382 g/mol. The number of amides is 1. The van der Waals surface area contributed by atoms with Crippen LogP contribution in [0.1, 0.15) is 38.1 Å². The standard InChI is InChI=1S/C21H22ClNO5/c1-12(2)19(24)23-16-7-5-14(6-8-16)21(26)28-18-10-15(22)9-17(11-18)27-20(25)13(3)4/h5-13H,1-4H3,(H,23,24). The molecule has 0 atom stereocenters. The number of nitrogens with one attached hydrogen (secondary N) is 1. The molecule has 0 aliphatic heterocycles. The number of esters is 2. The minimum Gasteiger partial charge on any atom is -0.426 e. The van der Waals surface area contributed by atoms with Crippen LogP contribution in [0, 0.1) is 11.8 Å². The Hall–Kier alpha value is -2.86. The fraction of sp³-hybridized carbons (Fsp3) is 0.286. The fourth-order valence-electron chi connectivity index (χ4n) is 2.03. The summed E-state index contributed by atoms with van der Waals surface area (Å²) in [5.41, 5.74) is 0.879. The highest BCUT2D eigenvalue weighted by molar-refractivity contribution is 6.30. The summed E-state index contributed by atoms with van der Waals surface area (Å²) in [6.07, 6.45) is 0. The monoisotopic (exact) mass is 403 g/mol. The molecule has 2 aromatic carbocycles. The van der Waals surface area contributed by atoms with Crippen LogP contribution in [0.5, 0.6) is 11.5 Å². The number of hydrogen-bond acceptors (Lipinski definition) is 5. The summed E-state index contributed by atoms with van der Waals surface area (Å²) >= 11 is 6.01. The van der Waals surface area contributed by atoms with Gasteiger partial charge in [0.15, 0.2) is 0 Å². The molecule has 0 saturated heterocycles. The molecule has 0 spiro atoms. The molecule has 0 saturated carbocycles. The summed E-state index contributed by atoms with van der Waals surface area (Å²) in [5, 5.41) is 3.01. The molecule has 0 fully saturated rings. The van der Waals surface area contributed by atoms with Crippen LogP contribution >= 0.6 is 11.6 Å². The summed E-state index contributed by atoms with van der Waals surface area (Å²) < 4.78 is 10.5. The first-order valence-electron chi connectivity index (χ1n) is 8.81. The zero-order chi connectivity index (χ0) is 20.8. The van der Waals surface area contributed by atoms with Gasteiger partial charge in [0.05, 0.1) is 11.5 Å². The van der Waals surface area contributed by atoms with Crippen molar-refractivity contribution in [3.63, 3.8) is 0 Å². The molecule has 7 heteroatoms. The summed E-state index contributed by atoms with van der Waals surface area (Å²) in [7, 11) is 0. The summed E-state index contributed by atoms with van der Waals surface area (Å²) in [4.78, 5) is 35.8. The molecule has 0 radical (unpaired) electrons. The topological polar surface area (TPSA) is 81.7 Å². The van der Waals surface area contributed by atoms with Crippen LogP contribution < -0.4 is 14.8 Å². The molecule has 2 aromatic rings. The highest BCUT2D eigenvalue weighted by Gasteiger charge is 2.14. The van der Waals surface area contributed by atoms with Gasteiger partial charge in [0.2, 0.25) is 5.91 Å². The number of hydrogen-bond donors (Lipinski definition) is 1. The van der Waals surface area contributed by atoms with Gasteiger partial charge in [-0.2, -0.15) is 0 Å². The molecule has 0 heterocycles. The molecule has 28 heavy (non-hydrogen) atoms. The second-order valence-electron chi connectivity index (χ2n) is 6.81. The zero-order valence-electron chi connectivity index (χ0n) is 16.1. The van der Waals surface area contributed by atoms with Crippen molar-refractivity contribution < 1.29 is 23.9 Å². The fourth-order valence-corrected chi connectivity index (χ4v) is 2.25. The van der Waals surface area contributed by atoms with Gasteiger partial charge in [-0.1, -0.05) is 39.3 Å². The molecule has 0 aliphatic rings. The van der Waals surface area contributed by atoms with Crippen LogP contribution in [0.25, 0.3) is 0 Å². The van der Waals surface area contributed by atoms with Crippen molar-refractivity contribution in [2.75, 3.05) is 5.32 Å². The van der Waals surface area contributed by atoms with Gasteiger partial charge in [-0.05, 0) is 36.4 Å². The summed E-state index contributed by atoms with van der Waals surface area (Å²) in [5.74, 6) is -1.24. The van der Waals surface area contributed by atoms with Gasteiger partial charge in [-0.15, -0.1) is 0 Å². The maximum atomic E-state index is 12.3. The Kier molecular flexibility index (Phi) is 7.18. The maximum absolute atomic E-state index is 12.3. The Labute approximate surface area is 168 Å². The summed E-state index contributed by atoms with van der Waals surface area (Å²) in [6, 6.07) is 10.6. The van der Waals surface area contributed by atoms with Gasteiger partial charge in [-0.25, -0.2) is 4.79 Å². The van der Waals surface area contributed by atoms with E-state index < -0.39 is 11.9 Å². The van der Waals surface area contributed by atoms with Crippen LogP contribution in [0.4, 0.5) is 5.69 Å². The van der Waals surface area contributed by atoms with E-state index in [0.717, 1.165) is 0 Å². The molecule has 0 unspecified atom stereocenters. The largest absolute Gasteiger partial charge is 0.426 e.